The van der Waals surface area contributed by atoms with Gasteiger partial charge in [-0.15, -0.1) is 0 Å². The van der Waals surface area contributed by atoms with E-state index in [2.05, 4.69) is 15.4 Å². The SMILES string of the molecule is Cc1ccc(NC(=O)CCn2cnc3c(cnn3-c3ccc(F)cc3)c2=O)cc1F. The molecule has 0 aliphatic rings. The zero-order valence-electron chi connectivity index (χ0n) is 16.0. The predicted molar refractivity (Wildman–Crippen MR) is 107 cm³/mol. The molecule has 0 aliphatic heterocycles. The van der Waals surface area contributed by atoms with E-state index in [9.17, 15) is 18.4 Å². The Bertz CT molecular complexity index is 1300. The minimum Gasteiger partial charge on any atom is -0.326 e. The van der Waals surface area contributed by atoms with Crippen LogP contribution in [0.3, 0.4) is 0 Å². The highest BCUT2D eigenvalue weighted by atomic mass is 19.1. The van der Waals surface area contributed by atoms with E-state index >= 15 is 0 Å². The van der Waals surface area contributed by atoms with Crippen LogP contribution in [0, 0.1) is 18.6 Å². The number of hydrogen-bond donors (Lipinski definition) is 1. The van der Waals surface area contributed by atoms with Crippen LogP contribution >= 0.6 is 0 Å². The van der Waals surface area contributed by atoms with Gasteiger partial charge in [0.2, 0.25) is 5.91 Å². The summed E-state index contributed by atoms with van der Waals surface area (Å²) in [7, 11) is 0. The minimum atomic E-state index is -0.406. The molecule has 0 saturated carbocycles. The van der Waals surface area contributed by atoms with Gasteiger partial charge in [0.25, 0.3) is 5.56 Å². The molecule has 0 saturated heterocycles. The molecule has 0 unspecified atom stereocenters. The Balaban J connectivity index is 1.50. The lowest BCUT2D eigenvalue weighted by Crippen LogP contribution is -2.23. The summed E-state index contributed by atoms with van der Waals surface area (Å²) in [5.74, 6) is -1.14. The van der Waals surface area contributed by atoms with Crippen molar-refractivity contribution < 1.29 is 13.6 Å². The van der Waals surface area contributed by atoms with Crippen LogP contribution in [0.1, 0.15) is 12.0 Å². The average Bonchev–Trinajstić information content (AvgIpc) is 3.16. The van der Waals surface area contributed by atoms with E-state index in [0.29, 0.717) is 22.6 Å². The topological polar surface area (TPSA) is 81.8 Å². The number of aryl methyl sites for hydroxylation is 2. The quantitative estimate of drug-likeness (QED) is 0.549. The highest BCUT2D eigenvalue weighted by molar-refractivity contribution is 5.90. The van der Waals surface area contributed by atoms with Crippen molar-refractivity contribution in [1.82, 2.24) is 19.3 Å². The predicted octanol–water partition coefficient (Wildman–Crippen LogP) is 3.20. The molecule has 152 valence electrons. The van der Waals surface area contributed by atoms with Crippen LogP contribution in [-0.4, -0.2) is 25.2 Å². The van der Waals surface area contributed by atoms with Crippen molar-refractivity contribution in [3.05, 3.63) is 82.5 Å². The number of carbonyl (C=O) groups excluding carboxylic acids is 1. The van der Waals surface area contributed by atoms with Crippen molar-refractivity contribution in [3.8, 4) is 5.69 Å². The number of halogens is 2. The maximum Gasteiger partial charge on any atom is 0.264 e. The van der Waals surface area contributed by atoms with E-state index in [0.717, 1.165) is 0 Å². The summed E-state index contributed by atoms with van der Waals surface area (Å²) in [6.07, 6.45) is 2.74. The van der Waals surface area contributed by atoms with E-state index in [4.69, 9.17) is 0 Å². The number of fused-ring (bicyclic) bond motifs is 1. The number of anilines is 1. The van der Waals surface area contributed by atoms with E-state index in [1.54, 1.807) is 19.1 Å². The molecule has 2 aromatic heterocycles. The molecule has 0 fully saturated rings. The van der Waals surface area contributed by atoms with Crippen molar-refractivity contribution in [1.29, 1.82) is 0 Å². The maximum atomic E-state index is 13.6. The van der Waals surface area contributed by atoms with Crippen LogP contribution in [0.2, 0.25) is 0 Å². The van der Waals surface area contributed by atoms with Gasteiger partial charge >= 0.3 is 0 Å². The minimum absolute atomic E-state index is 0.00862. The number of carbonyl (C=O) groups is 1. The van der Waals surface area contributed by atoms with Crippen LogP contribution in [-0.2, 0) is 11.3 Å². The molecule has 1 amide bonds. The van der Waals surface area contributed by atoms with Crippen LogP contribution < -0.4 is 10.9 Å². The van der Waals surface area contributed by atoms with Gasteiger partial charge in [0.15, 0.2) is 5.65 Å². The third kappa shape index (κ3) is 3.82. The van der Waals surface area contributed by atoms with Gasteiger partial charge in [-0.1, -0.05) is 6.07 Å². The summed E-state index contributed by atoms with van der Waals surface area (Å²) in [6, 6.07) is 10.1. The first-order valence-electron chi connectivity index (χ1n) is 9.17. The highest BCUT2D eigenvalue weighted by Gasteiger charge is 2.13. The van der Waals surface area contributed by atoms with Gasteiger partial charge in [0.05, 0.1) is 18.2 Å². The first kappa shape index (κ1) is 19.4. The number of hydrogen-bond acceptors (Lipinski definition) is 4. The Morgan fingerprint density at radius 2 is 1.90 bits per heavy atom. The second kappa shape index (κ2) is 7.86. The maximum absolute atomic E-state index is 13.6. The number of rotatable bonds is 5. The number of benzene rings is 2. The van der Waals surface area contributed by atoms with Crippen molar-refractivity contribution in [3.63, 3.8) is 0 Å². The normalized spacial score (nSPS) is 11.0. The highest BCUT2D eigenvalue weighted by Crippen LogP contribution is 2.15. The van der Waals surface area contributed by atoms with Crippen molar-refractivity contribution in [2.24, 2.45) is 0 Å². The smallest absolute Gasteiger partial charge is 0.264 e. The molecule has 9 heteroatoms. The average molecular weight is 409 g/mol. The lowest BCUT2D eigenvalue weighted by Gasteiger charge is -2.08. The number of aromatic nitrogens is 4. The number of amides is 1. The second-order valence-corrected chi connectivity index (χ2v) is 6.78. The molecular weight excluding hydrogens is 392 g/mol. The Morgan fingerprint density at radius 3 is 2.63 bits per heavy atom. The molecule has 4 rings (SSSR count). The Labute approximate surface area is 169 Å². The zero-order chi connectivity index (χ0) is 21.3. The molecule has 0 radical (unpaired) electrons. The molecular formula is C21H17F2N5O2. The van der Waals surface area contributed by atoms with Crippen molar-refractivity contribution in [2.45, 2.75) is 19.9 Å². The molecule has 0 atom stereocenters. The van der Waals surface area contributed by atoms with Crippen molar-refractivity contribution >= 4 is 22.6 Å². The molecule has 4 aromatic rings. The number of nitrogens with one attached hydrogen (secondary N) is 1. The lowest BCUT2D eigenvalue weighted by molar-refractivity contribution is -0.116. The standard InChI is InChI=1S/C21H17F2N5O2/c1-13-2-5-15(10-18(13)23)26-19(29)8-9-27-12-24-20-17(21(27)30)11-25-28(20)16-6-3-14(22)4-7-16/h2-7,10-12H,8-9H2,1H3,(H,26,29). The van der Waals surface area contributed by atoms with Gasteiger partial charge in [-0.25, -0.2) is 18.4 Å². The first-order chi connectivity index (χ1) is 14.4. The monoisotopic (exact) mass is 409 g/mol. The first-order valence-corrected chi connectivity index (χ1v) is 9.17. The fraction of sp³-hybridized carbons (Fsp3) is 0.143. The summed E-state index contributed by atoms with van der Waals surface area (Å²) in [4.78, 5) is 29.1. The van der Waals surface area contributed by atoms with Crippen LogP contribution in [0.15, 0.2) is 59.8 Å². The zero-order valence-corrected chi connectivity index (χ0v) is 16.0. The Kier molecular flexibility index (Phi) is 5.09. The molecule has 7 nitrogen and oxygen atoms in total. The van der Waals surface area contributed by atoms with Gasteiger partial charge in [-0.2, -0.15) is 5.10 Å². The third-order valence-corrected chi connectivity index (χ3v) is 4.66. The summed E-state index contributed by atoms with van der Waals surface area (Å²) in [6.45, 7) is 1.73. The summed E-state index contributed by atoms with van der Waals surface area (Å²) in [5, 5.41) is 7.05. The van der Waals surface area contributed by atoms with Crippen LogP contribution in [0.5, 0.6) is 0 Å². The fourth-order valence-electron chi connectivity index (χ4n) is 3.00. The van der Waals surface area contributed by atoms with E-state index in [1.807, 2.05) is 0 Å². The molecule has 0 spiro atoms. The van der Waals surface area contributed by atoms with Crippen molar-refractivity contribution in [2.75, 3.05) is 5.32 Å². The lowest BCUT2D eigenvalue weighted by atomic mass is 10.2. The van der Waals surface area contributed by atoms with E-state index < -0.39 is 5.82 Å². The molecule has 2 heterocycles. The van der Waals surface area contributed by atoms with Crippen LogP contribution in [0.4, 0.5) is 14.5 Å². The van der Waals surface area contributed by atoms with Gasteiger partial charge in [-0.3, -0.25) is 14.2 Å². The summed E-state index contributed by atoms with van der Waals surface area (Å²) >= 11 is 0. The molecule has 30 heavy (non-hydrogen) atoms. The van der Waals surface area contributed by atoms with Gasteiger partial charge in [0, 0.05) is 18.7 Å². The molecule has 1 N–H and O–H groups in total. The fourth-order valence-corrected chi connectivity index (χ4v) is 3.00. The van der Waals surface area contributed by atoms with Gasteiger partial charge in [0.1, 0.15) is 17.0 Å². The summed E-state index contributed by atoms with van der Waals surface area (Å²) < 4.78 is 29.5. The Morgan fingerprint density at radius 1 is 1.13 bits per heavy atom. The molecule has 0 aliphatic carbocycles. The van der Waals surface area contributed by atoms with Gasteiger partial charge in [-0.05, 0) is 48.9 Å². The Hall–Kier alpha value is -3.88. The largest absolute Gasteiger partial charge is 0.326 e. The van der Waals surface area contributed by atoms with Crippen LogP contribution in [0.25, 0.3) is 16.7 Å². The van der Waals surface area contributed by atoms with E-state index in [-0.39, 0.29) is 35.6 Å². The molecule has 0 bridgehead atoms. The van der Waals surface area contributed by atoms with Gasteiger partial charge < -0.3 is 5.32 Å². The number of nitrogens with zero attached hydrogens (tertiary/aromatic N) is 4. The third-order valence-electron chi connectivity index (χ3n) is 4.66. The molecule has 2 aromatic carbocycles. The van der Waals surface area contributed by atoms with E-state index in [1.165, 1.54) is 52.1 Å². The second-order valence-electron chi connectivity index (χ2n) is 6.78. The summed E-state index contributed by atoms with van der Waals surface area (Å²) in [5.41, 5.74) is 1.40.